The number of benzene rings is 4. The average Bonchev–Trinajstić information content (AvgIpc) is 4.17. The number of hydrogen-bond donors (Lipinski definition) is 5. The van der Waals surface area contributed by atoms with Gasteiger partial charge in [0.2, 0.25) is 0 Å². The number of primary amides is 2. The summed E-state index contributed by atoms with van der Waals surface area (Å²) >= 11 is 0. The van der Waals surface area contributed by atoms with Gasteiger partial charge in [-0.3, -0.25) is 9.59 Å². The number of para-hydroxylation sites is 2. The smallest absolute Gasteiger partial charge is 0.318 e. The summed E-state index contributed by atoms with van der Waals surface area (Å²) in [4.78, 5) is 63.3. The van der Waals surface area contributed by atoms with Crippen LogP contribution < -0.4 is 22.1 Å². The average molecular weight is 967 g/mol. The molecule has 0 spiro atoms. The number of aliphatic hydroxyl groups is 1. The highest BCUT2D eigenvalue weighted by molar-refractivity contribution is 5.94. The third-order valence-corrected chi connectivity index (χ3v) is 12.9. The number of fused-ring (bicyclic) bond motifs is 4. The molecule has 0 saturated carbocycles. The zero-order chi connectivity index (χ0) is 50.8. The maximum atomic E-state index is 13.1. The Balaban J connectivity index is 0.000000178. The van der Waals surface area contributed by atoms with Gasteiger partial charge in [-0.05, 0) is 100 Å². The molecule has 10 rings (SSSR count). The van der Waals surface area contributed by atoms with Crippen molar-refractivity contribution in [1.29, 1.82) is 0 Å². The lowest BCUT2D eigenvalue weighted by molar-refractivity contribution is 0.0987. The first-order valence-electron chi connectivity index (χ1n) is 24.3. The highest BCUT2D eigenvalue weighted by Crippen LogP contribution is 2.45. The van der Waals surface area contributed by atoms with Crippen LogP contribution in [0.1, 0.15) is 109 Å². The molecule has 0 bridgehead atoms. The molecular formula is C57H58N8O7. The van der Waals surface area contributed by atoms with E-state index in [0.29, 0.717) is 30.1 Å². The number of pyridine rings is 2. The molecule has 4 aromatic carbocycles. The lowest BCUT2D eigenvalue weighted by Crippen LogP contribution is -2.42. The summed E-state index contributed by atoms with van der Waals surface area (Å²) in [5, 5.41) is 17.8. The molecule has 0 saturated heterocycles. The third-order valence-electron chi connectivity index (χ3n) is 12.9. The number of nitrogens with zero attached hydrogens (tertiary/aromatic N) is 4. The lowest BCUT2D eigenvalue weighted by Gasteiger charge is -2.27. The molecule has 0 aliphatic carbocycles. The van der Waals surface area contributed by atoms with Gasteiger partial charge in [-0.25, -0.2) is 19.6 Å². The number of nitrogens with one attached hydrogen (secondary N) is 2. The number of rotatable bonds is 12. The van der Waals surface area contributed by atoms with Crippen molar-refractivity contribution in [3.63, 3.8) is 0 Å². The number of urea groups is 2. The fourth-order valence-electron chi connectivity index (χ4n) is 9.78. The van der Waals surface area contributed by atoms with Gasteiger partial charge in [-0.2, -0.15) is 0 Å². The maximum Gasteiger partial charge on any atom is 0.318 e. The number of carbonyl (C=O) groups excluding carboxylic acids is 4. The van der Waals surface area contributed by atoms with Gasteiger partial charge < -0.3 is 45.8 Å². The number of amides is 6. The molecule has 6 heterocycles. The molecule has 8 aromatic rings. The van der Waals surface area contributed by atoms with Crippen molar-refractivity contribution in [1.82, 2.24) is 30.4 Å². The van der Waals surface area contributed by atoms with E-state index < -0.39 is 17.9 Å². The molecule has 2 aliphatic rings. The second-order valence-corrected chi connectivity index (χ2v) is 18.8. The first kappa shape index (κ1) is 48.7. The zero-order valence-corrected chi connectivity index (χ0v) is 40.9. The van der Waals surface area contributed by atoms with Gasteiger partial charge in [0.25, 0.3) is 11.8 Å². The Labute approximate surface area is 417 Å². The van der Waals surface area contributed by atoms with Crippen LogP contribution in [0.5, 0.6) is 0 Å². The van der Waals surface area contributed by atoms with Crippen molar-refractivity contribution in [3.8, 4) is 45.2 Å². The van der Waals surface area contributed by atoms with E-state index in [-0.39, 0.29) is 54.7 Å². The number of aromatic nitrogens is 2. The van der Waals surface area contributed by atoms with Crippen LogP contribution in [0.4, 0.5) is 9.59 Å². The van der Waals surface area contributed by atoms with E-state index in [0.717, 1.165) is 85.0 Å². The Morgan fingerprint density at radius 1 is 0.597 bits per heavy atom. The molecular weight excluding hydrogens is 909 g/mol. The van der Waals surface area contributed by atoms with Crippen LogP contribution >= 0.6 is 0 Å². The summed E-state index contributed by atoms with van der Waals surface area (Å²) in [6.07, 6.45) is 2.02. The molecule has 6 amide bonds. The third kappa shape index (κ3) is 9.88. The Hall–Kier alpha value is -8.30. The van der Waals surface area contributed by atoms with Crippen LogP contribution in [0.2, 0.25) is 0 Å². The van der Waals surface area contributed by atoms with Gasteiger partial charge in [0.05, 0.1) is 23.5 Å². The fraction of sp³-hybridized carbons (Fsp3) is 0.263. The maximum absolute atomic E-state index is 13.1. The summed E-state index contributed by atoms with van der Waals surface area (Å²) < 4.78 is 12.1. The second kappa shape index (κ2) is 20.6. The largest absolute Gasteiger partial charge is 0.456 e. The van der Waals surface area contributed by atoms with Gasteiger partial charge >= 0.3 is 12.1 Å². The summed E-state index contributed by atoms with van der Waals surface area (Å²) in [6.45, 7) is 10.4. The number of hydrogen-bond acceptors (Lipinski definition) is 9. The van der Waals surface area contributed by atoms with Gasteiger partial charge in [0, 0.05) is 75.9 Å². The molecule has 0 fully saturated rings. The second-order valence-electron chi connectivity index (χ2n) is 18.8. The van der Waals surface area contributed by atoms with Crippen molar-refractivity contribution in [2.24, 2.45) is 11.5 Å². The monoisotopic (exact) mass is 966 g/mol. The van der Waals surface area contributed by atoms with Crippen LogP contribution in [0.25, 0.3) is 67.1 Å². The summed E-state index contributed by atoms with van der Waals surface area (Å²) in [7, 11) is 0. The highest BCUT2D eigenvalue weighted by Gasteiger charge is 2.39. The highest BCUT2D eigenvalue weighted by atomic mass is 16.3. The van der Waals surface area contributed by atoms with Crippen molar-refractivity contribution in [3.05, 3.63) is 155 Å². The quantitative estimate of drug-likeness (QED) is 0.0784. The molecule has 2 aliphatic heterocycles. The normalized spacial score (nSPS) is 14.9. The van der Waals surface area contributed by atoms with E-state index in [9.17, 15) is 24.3 Å². The number of furan rings is 2. The molecule has 0 unspecified atom stereocenters. The molecule has 15 nitrogen and oxygen atoms in total. The van der Waals surface area contributed by atoms with Crippen molar-refractivity contribution in [2.75, 3.05) is 6.61 Å². The Kier molecular flexibility index (Phi) is 13.9. The number of carbonyl (C=O) groups is 4. The topological polar surface area (TPSA) is 223 Å². The molecule has 15 heteroatoms. The van der Waals surface area contributed by atoms with Gasteiger partial charge in [-0.1, -0.05) is 86.1 Å². The van der Waals surface area contributed by atoms with Crippen molar-refractivity contribution >= 4 is 45.8 Å². The minimum absolute atomic E-state index is 0.0164. The molecule has 2 atom stereocenters. The van der Waals surface area contributed by atoms with E-state index in [1.165, 1.54) is 0 Å². The Morgan fingerprint density at radius 3 is 1.40 bits per heavy atom. The van der Waals surface area contributed by atoms with E-state index in [1.54, 1.807) is 17.0 Å². The van der Waals surface area contributed by atoms with E-state index in [2.05, 4.69) is 22.5 Å². The Bertz CT molecular complexity index is 3070. The van der Waals surface area contributed by atoms with Gasteiger partial charge in [0.1, 0.15) is 34.1 Å². The van der Waals surface area contributed by atoms with Gasteiger partial charge in [-0.15, -0.1) is 0 Å². The molecule has 368 valence electrons. The fourth-order valence-corrected chi connectivity index (χ4v) is 9.78. The number of aliphatic hydroxyl groups excluding tert-OH is 1. The van der Waals surface area contributed by atoms with Crippen LogP contribution in [-0.2, 0) is 13.1 Å². The molecule has 0 radical (unpaired) electrons. The predicted octanol–water partition coefficient (Wildman–Crippen LogP) is 10.7. The molecule has 4 aromatic heterocycles. The first-order chi connectivity index (χ1) is 34.7. The van der Waals surface area contributed by atoms with Crippen LogP contribution in [-0.4, -0.2) is 67.4 Å². The zero-order valence-electron chi connectivity index (χ0n) is 40.9. The summed E-state index contributed by atoms with van der Waals surface area (Å²) in [5.41, 5.74) is 21.3. The van der Waals surface area contributed by atoms with Crippen molar-refractivity contribution in [2.45, 2.75) is 91.1 Å². The molecule has 7 N–H and O–H groups in total. The molecule has 72 heavy (non-hydrogen) atoms. The Morgan fingerprint density at radius 2 is 1.01 bits per heavy atom. The lowest BCUT2D eigenvalue weighted by atomic mass is 9.94. The minimum atomic E-state index is -0.642. The van der Waals surface area contributed by atoms with E-state index >= 15 is 0 Å². The standard InChI is InChI=1S/C29H30N4O3.C28H28N4O4/c1-4-8-23-26-21(16-33(23)29(35)31-17(2)3)14-22(28(30)34)32-27(26)20-11-7-10-18(13-20)25-15-19-9-5-6-12-24(19)36-25;1-16(2)30-28(35)32-15-20-13-21(27(29)34)31-26(25(20)22(32)10-11-33)19-8-5-7-17(12-19)24-14-18-6-3-4-9-23(18)36-24/h5-7,9-15,17,23H,4,8,16H2,1-3H3,(H2,30,34)(H,31,35);3-9,12-14,16,22,33H,10-11,15H2,1-2H3,(H2,29,34)(H,30,35)/t23-;22-/m11/s1. The van der Waals surface area contributed by atoms with Crippen LogP contribution in [0.3, 0.4) is 0 Å². The van der Waals surface area contributed by atoms with Crippen LogP contribution in [0, 0.1) is 0 Å². The predicted molar refractivity (Wildman–Crippen MR) is 277 cm³/mol. The van der Waals surface area contributed by atoms with Crippen LogP contribution in [0.15, 0.2) is 130 Å². The first-order valence-corrected chi connectivity index (χ1v) is 24.3. The summed E-state index contributed by atoms with van der Waals surface area (Å²) in [5.74, 6) is 0.232. The van der Waals surface area contributed by atoms with Gasteiger partial charge in [0.15, 0.2) is 0 Å². The van der Waals surface area contributed by atoms with E-state index in [4.69, 9.17) is 25.3 Å². The minimum Gasteiger partial charge on any atom is -0.456 e. The number of nitrogens with two attached hydrogens (primary N) is 2. The summed E-state index contributed by atoms with van der Waals surface area (Å²) in [6, 6.07) is 37.8. The van der Waals surface area contributed by atoms with E-state index in [1.807, 2.05) is 142 Å². The van der Waals surface area contributed by atoms with Crippen molar-refractivity contribution < 1.29 is 33.1 Å². The SMILES string of the molecule is CC(C)NC(=O)N1Cc2cc(C(N)=O)nc(-c3cccc(-c4cc5ccccc5o4)c3)c2[C@H]1CCO.CCC[C@@H]1c2c(cc(C(N)=O)nc2-c2cccc(-c3cc4ccccc4o3)c2)CN1C(=O)NC(C)C.